The monoisotopic (exact) mass is 403 g/mol. The molecule has 148 valence electrons. The second-order valence-electron chi connectivity index (χ2n) is 6.89. The molecule has 4 nitrogen and oxygen atoms in total. The molecule has 0 bridgehead atoms. The Morgan fingerprint density at radius 3 is 2.34 bits per heavy atom. The number of benzene rings is 3. The Labute approximate surface area is 175 Å². The minimum absolute atomic E-state index is 0.734. The third-order valence-electron chi connectivity index (χ3n) is 4.51. The summed E-state index contributed by atoms with van der Waals surface area (Å²) < 4.78 is 1.25. The highest BCUT2D eigenvalue weighted by atomic mass is 32.1. The van der Waals surface area contributed by atoms with Crippen molar-refractivity contribution in [3.05, 3.63) is 77.9 Å². The Hall–Kier alpha value is -3.18. The molecule has 0 amide bonds. The van der Waals surface area contributed by atoms with Crippen LogP contribution in [0.1, 0.15) is 15.9 Å². The number of aryl methyl sites for hydroxylation is 1. The fourth-order valence-electron chi connectivity index (χ4n) is 2.93. The first-order valence-corrected chi connectivity index (χ1v) is 10.2. The van der Waals surface area contributed by atoms with Gasteiger partial charge in [-0.1, -0.05) is 18.2 Å². The van der Waals surface area contributed by atoms with Crippen molar-refractivity contribution in [2.24, 2.45) is 0 Å². The number of carbonyl (C=O) groups excluding carboxylic acids is 1. The molecule has 0 unspecified atom stereocenters. The second-order valence-corrected chi connectivity index (χ2v) is 7.92. The molecular formula is C24H25N3OS. The molecule has 5 heteroatoms. The van der Waals surface area contributed by atoms with Crippen molar-refractivity contribution in [2.75, 3.05) is 31.4 Å². The number of aromatic nitrogens is 1. The van der Waals surface area contributed by atoms with Gasteiger partial charge in [0.25, 0.3) is 0 Å². The minimum Gasteiger partial charge on any atom is -0.388 e. The van der Waals surface area contributed by atoms with Crippen LogP contribution < -0.4 is 10.2 Å². The molecule has 4 rings (SSSR count). The van der Waals surface area contributed by atoms with Gasteiger partial charge in [-0.15, -0.1) is 11.3 Å². The Kier molecular flexibility index (Phi) is 6.62. The molecule has 4 aromatic rings. The third-order valence-corrected chi connectivity index (χ3v) is 5.58. The summed E-state index contributed by atoms with van der Waals surface area (Å²) in [7, 11) is 5.76. The third kappa shape index (κ3) is 5.00. The average Bonchev–Trinajstić information content (AvgIpc) is 3.17. The summed E-state index contributed by atoms with van der Waals surface area (Å²) in [4.78, 5) is 17.1. The predicted molar refractivity (Wildman–Crippen MR) is 125 cm³/mol. The zero-order valence-electron chi connectivity index (χ0n) is 17.1. The number of rotatable bonds is 4. The van der Waals surface area contributed by atoms with Gasteiger partial charge in [-0.05, 0) is 61.0 Å². The molecule has 0 aliphatic carbocycles. The van der Waals surface area contributed by atoms with Crippen molar-refractivity contribution in [3.63, 3.8) is 0 Å². The van der Waals surface area contributed by atoms with E-state index in [2.05, 4.69) is 59.7 Å². The zero-order valence-corrected chi connectivity index (χ0v) is 18.0. The highest BCUT2D eigenvalue weighted by Gasteiger charge is 2.06. The van der Waals surface area contributed by atoms with Gasteiger partial charge >= 0.3 is 0 Å². The van der Waals surface area contributed by atoms with Crippen LogP contribution in [-0.4, -0.2) is 32.4 Å². The summed E-state index contributed by atoms with van der Waals surface area (Å²) >= 11 is 1.75. The van der Waals surface area contributed by atoms with Crippen LogP contribution in [0.2, 0.25) is 0 Å². The molecule has 1 N–H and O–H groups in total. The number of fused-ring (bicyclic) bond motifs is 1. The molecule has 29 heavy (non-hydrogen) atoms. The first-order valence-electron chi connectivity index (χ1n) is 9.38. The molecule has 0 aliphatic rings. The van der Waals surface area contributed by atoms with Crippen LogP contribution in [-0.2, 0) is 0 Å². The molecule has 3 aromatic carbocycles. The lowest BCUT2D eigenvalue weighted by atomic mass is 10.2. The van der Waals surface area contributed by atoms with Crippen LogP contribution in [0.5, 0.6) is 0 Å². The highest BCUT2D eigenvalue weighted by molar-refractivity contribution is 7.21. The Morgan fingerprint density at radius 1 is 1.00 bits per heavy atom. The number of para-hydroxylation sites is 1. The molecule has 0 fully saturated rings. The maximum atomic E-state index is 10.5. The number of anilines is 2. The zero-order chi connectivity index (χ0) is 20.8. The van der Waals surface area contributed by atoms with Crippen molar-refractivity contribution < 1.29 is 4.79 Å². The largest absolute Gasteiger partial charge is 0.388 e. The maximum Gasteiger partial charge on any atom is 0.152 e. The van der Waals surface area contributed by atoms with E-state index in [1.54, 1.807) is 11.3 Å². The lowest BCUT2D eigenvalue weighted by Crippen LogP contribution is -2.10. The second kappa shape index (κ2) is 9.34. The standard InChI is InChI=1S/C15H14N2S.C9H11NO/c1-10-3-8-13-14(9-10)18-15(17-13)11-4-6-12(16-2)7-5-11;1-10(2)9-6-4-3-5-8(9)7-11/h3-9,16H,1-2H3;3-7H,1-2H3. The first-order chi connectivity index (χ1) is 14.0. The van der Waals surface area contributed by atoms with Gasteiger partial charge in [-0.3, -0.25) is 4.79 Å². The Morgan fingerprint density at radius 2 is 1.72 bits per heavy atom. The Balaban J connectivity index is 0.000000188. The lowest BCUT2D eigenvalue weighted by Gasteiger charge is -2.13. The molecular weight excluding hydrogens is 378 g/mol. The molecule has 1 aromatic heterocycles. The molecule has 0 saturated carbocycles. The van der Waals surface area contributed by atoms with Crippen molar-refractivity contribution in [3.8, 4) is 10.6 Å². The number of aldehydes is 1. The van der Waals surface area contributed by atoms with Crippen LogP contribution in [0.4, 0.5) is 11.4 Å². The van der Waals surface area contributed by atoms with E-state index in [1.807, 2.05) is 50.3 Å². The molecule has 0 aliphatic heterocycles. The summed E-state index contributed by atoms with van der Waals surface area (Å²) in [6.45, 7) is 2.11. The van der Waals surface area contributed by atoms with Gasteiger partial charge in [0, 0.05) is 43.6 Å². The number of nitrogens with zero attached hydrogens (tertiary/aromatic N) is 2. The van der Waals surface area contributed by atoms with Gasteiger partial charge < -0.3 is 10.2 Å². The van der Waals surface area contributed by atoms with E-state index < -0.39 is 0 Å². The first kappa shape index (κ1) is 20.6. The highest BCUT2D eigenvalue weighted by Crippen LogP contribution is 2.31. The van der Waals surface area contributed by atoms with E-state index in [0.717, 1.165) is 33.7 Å². The summed E-state index contributed by atoms with van der Waals surface area (Å²) in [5, 5.41) is 4.20. The van der Waals surface area contributed by atoms with Crippen LogP contribution in [0.15, 0.2) is 66.7 Å². The van der Waals surface area contributed by atoms with Gasteiger partial charge in [0.2, 0.25) is 0 Å². The van der Waals surface area contributed by atoms with E-state index in [4.69, 9.17) is 0 Å². The van der Waals surface area contributed by atoms with Gasteiger partial charge in [-0.25, -0.2) is 4.98 Å². The van der Waals surface area contributed by atoms with Crippen molar-refractivity contribution >= 4 is 39.2 Å². The minimum atomic E-state index is 0.734. The summed E-state index contributed by atoms with van der Waals surface area (Å²) in [5.41, 5.74) is 6.35. The van der Waals surface area contributed by atoms with E-state index in [-0.39, 0.29) is 0 Å². The van der Waals surface area contributed by atoms with E-state index in [9.17, 15) is 4.79 Å². The van der Waals surface area contributed by atoms with Crippen LogP contribution in [0, 0.1) is 6.92 Å². The van der Waals surface area contributed by atoms with Crippen LogP contribution in [0.25, 0.3) is 20.8 Å². The van der Waals surface area contributed by atoms with Crippen LogP contribution in [0.3, 0.4) is 0 Å². The van der Waals surface area contributed by atoms with Crippen molar-refractivity contribution in [1.29, 1.82) is 0 Å². The maximum absolute atomic E-state index is 10.5. The molecule has 0 saturated heterocycles. The number of nitrogens with one attached hydrogen (secondary N) is 1. The topological polar surface area (TPSA) is 45.2 Å². The summed E-state index contributed by atoms with van der Waals surface area (Å²) in [5.74, 6) is 0. The van der Waals surface area contributed by atoms with Gasteiger partial charge in [0.05, 0.1) is 10.2 Å². The number of thiazole rings is 1. The summed E-state index contributed by atoms with van der Waals surface area (Å²) in [6.07, 6.45) is 0.870. The van der Waals surface area contributed by atoms with Gasteiger partial charge in [-0.2, -0.15) is 0 Å². The lowest BCUT2D eigenvalue weighted by molar-refractivity contribution is 0.112. The van der Waals surface area contributed by atoms with E-state index >= 15 is 0 Å². The van der Waals surface area contributed by atoms with Crippen molar-refractivity contribution in [1.82, 2.24) is 4.98 Å². The SMILES string of the molecule is CN(C)c1ccccc1C=O.CNc1ccc(-c2nc3ccc(C)cc3s2)cc1. The number of carbonyl (C=O) groups is 1. The molecule has 0 spiro atoms. The molecule has 0 radical (unpaired) electrons. The fraction of sp³-hybridized carbons (Fsp3) is 0.167. The smallest absolute Gasteiger partial charge is 0.152 e. The predicted octanol–water partition coefficient (Wildman–Crippen LogP) is 5.88. The average molecular weight is 404 g/mol. The summed E-state index contributed by atoms with van der Waals surface area (Å²) in [6, 6.07) is 22.3. The fourth-order valence-corrected chi connectivity index (χ4v) is 4.00. The van der Waals surface area contributed by atoms with Gasteiger partial charge in [0.15, 0.2) is 6.29 Å². The van der Waals surface area contributed by atoms with Crippen molar-refractivity contribution in [2.45, 2.75) is 6.92 Å². The van der Waals surface area contributed by atoms with E-state index in [0.29, 0.717) is 0 Å². The molecule has 0 atom stereocenters. The number of hydrogen-bond donors (Lipinski definition) is 1. The quantitative estimate of drug-likeness (QED) is 0.432. The van der Waals surface area contributed by atoms with Gasteiger partial charge in [0.1, 0.15) is 5.01 Å². The molecule has 1 heterocycles. The Bertz CT molecular complexity index is 1100. The number of hydrogen-bond acceptors (Lipinski definition) is 5. The van der Waals surface area contributed by atoms with E-state index in [1.165, 1.54) is 15.8 Å². The normalized spacial score (nSPS) is 10.2. The van der Waals surface area contributed by atoms with Crippen LogP contribution >= 0.6 is 11.3 Å².